The van der Waals surface area contributed by atoms with Gasteiger partial charge < -0.3 is 0 Å². The fourth-order valence-electron chi connectivity index (χ4n) is 5.90. The first-order valence-electron chi connectivity index (χ1n) is 10.3. The Hall–Kier alpha value is -1.30. The third-order valence-electron chi connectivity index (χ3n) is 6.82. The van der Waals surface area contributed by atoms with Gasteiger partial charge in [-0.05, 0) is 72.6 Å². The Bertz CT molecular complexity index is 688. The van der Waals surface area contributed by atoms with Crippen LogP contribution in [0.1, 0.15) is 89.0 Å². The monoisotopic (exact) mass is 336 g/mol. The Labute approximate surface area is 155 Å². The fourth-order valence-corrected chi connectivity index (χ4v) is 5.90. The summed E-state index contributed by atoms with van der Waals surface area (Å²) in [5.74, 6) is 0.723. The number of unbranched alkanes of at least 4 members (excludes halogenated alkanes) is 2. The highest BCUT2D eigenvalue weighted by Gasteiger charge is 2.49. The van der Waals surface area contributed by atoms with Gasteiger partial charge in [0, 0.05) is 5.41 Å². The minimum atomic E-state index is 0.158. The zero-order valence-electron chi connectivity index (χ0n) is 17.0. The second-order valence-electron chi connectivity index (χ2n) is 9.41. The lowest BCUT2D eigenvalue weighted by molar-refractivity contribution is 0.108. The molecule has 0 spiro atoms. The molecule has 1 unspecified atom stereocenters. The van der Waals surface area contributed by atoms with Crippen LogP contribution in [0.25, 0.3) is 6.08 Å². The normalized spacial score (nSPS) is 27.2. The molecule has 0 aromatic heterocycles. The first-order chi connectivity index (χ1) is 11.8. The van der Waals surface area contributed by atoms with E-state index in [4.69, 9.17) is 0 Å². The lowest BCUT2D eigenvalue weighted by Crippen LogP contribution is -2.48. The molecule has 0 radical (unpaired) electrons. The van der Waals surface area contributed by atoms with E-state index in [9.17, 15) is 0 Å². The van der Waals surface area contributed by atoms with Crippen molar-refractivity contribution in [3.63, 3.8) is 0 Å². The summed E-state index contributed by atoms with van der Waals surface area (Å²) >= 11 is 0. The minimum Gasteiger partial charge on any atom is -0.0985 e. The van der Waals surface area contributed by atoms with Gasteiger partial charge in [0.25, 0.3) is 0 Å². The number of aryl methyl sites for hydroxylation is 1. The molecular weight excluding hydrogens is 300 g/mol. The van der Waals surface area contributed by atoms with E-state index < -0.39 is 0 Å². The Balaban J connectivity index is 2.13. The van der Waals surface area contributed by atoms with Crippen molar-refractivity contribution in [3.8, 4) is 0 Å². The highest BCUT2D eigenvalue weighted by atomic mass is 14.5. The van der Waals surface area contributed by atoms with Crippen molar-refractivity contribution in [2.45, 2.75) is 85.0 Å². The maximum atomic E-state index is 4.18. The molecule has 0 nitrogen and oxygen atoms in total. The van der Waals surface area contributed by atoms with Crippen LogP contribution in [0, 0.1) is 11.3 Å². The zero-order chi connectivity index (χ0) is 18.2. The van der Waals surface area contributed by atoms with E-state index >= 15 is 0 Å². The van der Waals surface area contributed by atoms with Gasteiger partial charge in [0.2, 0.25) is 0 Å². The summed E-state index contributed by atoms with van der Waals surface area (Å²) in [6, 6.07) is 4.96. The number of allylic oxidation sites excluding steroid dienone is 2. The number of hydrogen-bond acceptors (Lipinski definition) is 0. The second-order valence-corrected chi connectivity index (χ2v) is 9.41. The van der Waals surface area contributed by atoms with Gasteiger partial charge in [0.1, 0.15) is 0 Å². The van der Waals surface area contributed by atoms with Crippen molar-refractivity contribution in [1.29, 1.82) is 0 Å². The van der Waals surface area contributed by atoms with Crippen LogP contribution in [-0.2, 0) is 18.3 Å². The van der Waals surface area contributed by atoms with E-state index in [2.05, 4.69) is 65.5 Å². The summed E-state index contributed by atoms with van der Waals surface area (Å²) in [4.78, 5) is 0. The van der Waals surface area contributed by atoms with Gasteiger partial charge in [-0.15, -0.1) is 0 Å². The standard InChI is InChI=1S/C25H36/c1-7-9-10-11-19-14-20(8-2)23-21(15-19)17-24(4,5)22-13-12-18(3)16-25(22,23)6/h8,14-16,22H,2,7,9-13,17H2,1,3-6H3/t22?,25-/m1/s1. The van der Waals surface area contributed by atoms with Crippen molar-refractivity contribution >= 4 is 6.08 Å². The largest absolute Gasteiger partial charge is 0.0985 e. The van der Waals surface area contributed by atoms with Gasteiger partial charge in [-0.2, -0.15) is 0 Å². The lowest BCUT2D eigenvalue weighted by Gasteiger charge is -2.53. The number of rotatable bonds is 5. The predicted molar refractivity (Wildman–Crippen MR) is 111 cm³/mol. The van der Waals surface area contributed by atoms with Gasteiger partial charge in [0.05, 0.1) is 0 Å². The molecule has 0 saturated heterocycles. The molecule has 1 aromatic rings. The molecule has 25 heavy (non-hydrogen) atoms. The molecule has 0 N–H and O–H groups in total. The molecule has 0 fully saturated rings. The quantitative estimate of drug-likeness (QED) is 0.392. The molecule has 2 aliphatic rings. The van der Waals surface area contributed by atoms with Crippen molar-refractivity contribution in [2.75, 3.05) is 0 Å². The average Bonchev–Trinajstić information content (AvgIpc) is 2.52. The number of hydrogen-bond donors (Lipinski definition) is 0. The average molecular weight is 337 g/mol. The molecule has 0 aliphatic heterocycles. The van der Waals surface area contributed by atoms with Gasteiger partial charge in [-0.3, -0.25) is 0 Å². The zero-order valence-corrected chi connectivity index (χ0v) is 17.0. The van der Waals surface area contributed by atoms with Crippen LogP contribution in [0.5, 0.6) is 0 Å². The van der Waals surface area contributed by atoms with Crippen LogP contribution in [0.3, 0.4) is 0 Å². The molecule has 0 bridgehead atoms. The van der Waals surface area contributed by atoms with Crippen molar-refractivity contribution in [3.05, 3.63) is 52.6 Å². The highest BCUT2D eigenvalue weighted by Crippen LogP contribution is 2.56. The summed E-state index contributed by atoms with van der Waals surface area (Å²) in [5.41, 5.74) is 8.13. The van der Waals surface area contributed by atoms with Crippen LogP contribution in [0.15, 0.2) is 30.4 Å². The van der Waals surface area contributed by atoms with E-state index in [1.807, 2.05) is 0 Å². The van der Waals surface area contributed by atoms with Gasteiger partial charge in [-0.25, -0.2) is 0 Å². The third kappa shape index (κ3) is 3.25. The van der Waals surface area contributed by atoms with Crippen molar-refractivity contribution in [2.24, 2.45) is 11.3 Å². The maximum Gasteiger partial charge on any atom is 0.0148 e. The lowest BCUT2D eigenvalue weighted by atomic mass is 9.50. The summed E-state index contributed by atoms with van der Waals surface area (Å²) < 4.78 is 0. The summed E-state index contributed by atoms with van der Waals surface area (Å²) in [6.45, 7) is 16.2. The molecule has 0 heteroatoms. The van der Waals surface area contributed by atoms with E-state index in [1.54, 1.807) is 16.7 Å². The fraction of sp³-hybridized carbons (Fsp3) is 0.600. The summed E-state index contributed by atoms with van der Waals surface area (Å²) in [6.07, 6.45) is 13.6. The van der Waals surface area contributed by atoms with E-state index in [1.165, 1.54) is 56.1 Å². The van der Waals surface area contributed by atoms with Crippen molar-refractivity contribution < 1.29 is 0 Å². The Morgan fingerprint density at radius 3 is 2.64 bits per heavy atom. The Morgan fingerprint density at radius 1 is 1.20 bits per heavy atom. The SMILES string of the molecule is C=Cc1cc(CCCCC)cc2c1[C@]1(C)C=C(C)CCC1C(C)(C)C2. The molecule has 0 heterocycles. The molecule has 2 atom stereocenters. The van der Waals surface area contributed by atoms with E-state index in [0.29, 0.717) is 5.41 Å². The van der Waals surface area contributed by atoms with Crippen LogP contribution < -0.4 is 0 Å². The highest BCUT2D eigenvalue weighted by molar-refractivity contribution is 5.62. The molecule has 0 saturated carbocycles. The number of benzene rings is 1. The Morgan fingerprint density at radius 2 is 1.96 bits per heavy atom. The first kappa shape index (κ1) is 18.5. The van der Waals surface area contributed by atoms with E-state index in [-0.39, 0.29) is 5.41 Å². The van der Waals surface area contributed by atoms with Gasteiger partial charge in [0.15, 0.2) is 0 Å². The Kier molecular flexibility index (Phi) is 5.02. The molecule has 2 aliphatic carbocycles. The van der Waals surface area contributed by atoms with E-state index in [0.717, 1.165) is 5.92 Å². The minimum absolute atomic E-state index is 0.158. The van der Waals surface area contributed by atoms with Crippen molar-refractivity contribution in [1.82, 2.24) is 0 Å². The molecule has 0 amide bonds. The topological polar surface area (TPSA) is 0 Å². The molecule has 136 valence electrons. The number of fused-ring (bicyclic) bond motifs is 3. The first-order valence-corrected chi connectivity index (χ1v) is 10.3. The van der Waals surface area contributed by atoms with Crippen LogP contribution >= 0.6 is 0 Å². The van der Waals surface area contributed by atoms with Crippen LogP contribution in [-0.4, -0.2) is 0 Å². The summed E-state index contributed by atoms with van der Waals surface area (Å²) in [5, 5.41) is 0. The van der Waals surface area contributed by atoms with Crippen LogP contribution in [0.2, 0.25) is 0 Å². The van der Waals surface area contributed by atoms with Crippen LogP contribution in [0.4, 0.5) is 0 Å². The van der Waals surface area contributed by atoms with Gasteiger partial charge >= 0.3 is 0 Å². The maximum absolute atomic E-state index is 4.18. The molecular formula is C25H36. The third-order valence-corrected chi connectivity index (χ3v) is 6.82. The predicted octanol–water partition coefficient (Wildman–Crippen LogP) is 7.26. The molecule has 1 aromatic carbocycles. The second kappa shape index (κ2) is 6.78. The smallest absolute Gasteiger partial charge is 0.0148 e. The molecule has 3 rings (SSSR count). The summed E-state index contributed by atoms with van der Waals surface area (Å²) in [7, 11) is 0. The van der Waals surface area contributed by atoms with Gasteiger partial charge in [-0.1, -0.05) is 77.0 Å².